The topological polar surface area (TPSA) is 59.8 Å². The summed E-state index contributed by atoms with van der Waals surface area (Å²) in [5.41, 5.74) is 1.79. The number of nitrogens with one attached hydrogen (secondary N) is 1. The van der Waals surface area contributed by atoms with Gasteiger partial charge in [0, 0.05) is 33.0 Å². The Bertz CT molecular complexity index is 998. The smallest absolute Gasteiger partial charge is 0.234 e. The molecule has 0 bridgehead atoms. The highest BCUT2D eigenvalue weighted by molar-refractivity contribution is 9.10. The maximum absolute atomic E-state index is 12.1. The number of thioether (sulfide) groups is 2. The maximum Gasteiger partial charge on any atom is 0.234 e. The molecule has 0 aliphatic carbocycles. The van der Waals surface area contributed by atoms with Crippen LogP contribution in [0.15, 0.2) is 52.1 Å². The minimum Gasteiger partial charge on any atom is -0.325 e. The van der Waals surface area contributed by atoms with Crippen LogP contribution in [-0.4, -0.2) is 26.4 Å². The summed E-state index contributed by atoms with van der Waals surface area (Å²) < 4.78 is 2.88. The predicted octanol–water partition coefficient (Wildman–Crippen LogP) is 6.05. The molecule has 0 aliphatic rings. The van der Waals surface area contributed by atoms with Crippen LogP contribution in [0.2, 0.25) is 10.0 Å². The number of amides is 1. The van der Waals surface area contributed by atoms with Crippen LogP contribution in [0.4, 0.5) is 5.69 Å². The van der Waals surface area contributed by atoms with Crippen LogP contribution in [0, 0.1) is 0 Å². The molecule has 10 heteroatoms. The summed E-state index contributed by atoms with van der Waals surface area (Å²) in [6.07, 6.45) is 0. The first-order valence-corrected chi connectivity index (χ1v) is 12.2. The standard InChI is InChI=1S/C19H17BrCl2N4OS2/c1-26-17(10-28-9-12-2-5-14(21)8-16(12)22)24-25-19(26)29-11-18(27)23-15-6-3-13(20)4-7-15/h2-8H,9-11H2,1H3,(H,23,27). The average molecular weight is 532 g/mol. The fourth-order valence-electron chi connectivity index (χ4n) is 2.35. The van der Waals surface area contributed by atoms with E-state index in [-0.39, 0.29) is 11.7 Å². The Kier molecular flexibility index (Phi) is 8.32. The van der Waals surface area contributed by atoms with Crippen molar-refractivity contribution in [2.45, 2.75) is 16.7 Å². The number of aromatic nitrogens is 3. The van der Waals surface area contributed by atoms with Gasteiger partial charge in [-0.3, -0.25) is 4.79 Å². The van der Waals surface area contributed by atoms with Gasteiger partial charge in [-0.2, -0.15) is 0 Å². The molecule has 0 atom stereocenters. The van der Waals surface area contributed by atoms with Crippen LogP contribution in [0.5, 0.6) is 0 Å². The van der Waals surface area contributed by atoms with E-state index in [0.29, 0.717) is 21.0 Å². The summed E-state index contributed by atoms with van der Waals surface area (Å²) in [4.78, 5) is 12.1. The van der Waals surface area contributed by atoms with E-state index in [1.54, 1.807) is 17.8 Å². The summed E-state index contributed by atoms with van der Waals surface area (Å²) in [7, 11) is 1.90. The molecule has 0 saturated heterocycles. The summed E-state index contributed by atoms with van der Waals surface area (Å²) in [6.45, 7) is 0. The number of carbonyl (C=O) groups is 1. The van der Waals surface area contributed by atoms with Crippen LogP contribution in [0.3, 0.4) is 0 Å². The first-order chi connectivity index (χ1) is 13.9. The molecule has 1 N–H and O–H groups in total. The number of benzene rings is 2. The lowest BCUT2D eigenvalue weighted by Gasteiger charge is -2.06. The largest absolute Gasteiger partial charge is 0.325 e. The van der Waals surface area contributed by atoms with Crippen molar-refractivity contribution in [1.82, 2.24) is 14.8 Å². The molecule has 29 heavy (non-hydrogen) atoms. The zero-order valence-corrected chi connectivity index (χ0v) is 20.1. The van der Waals surface area contributed by atoms with Crippen molar-refractivity contribution in [1.29, 1.82) is 0 Å². The lowest BCUT2D eigenvalue weighted by atomic mass is 10.2. The van der Waals surface area contributed by atoms with Gasteiger partial charge in [-0.1, -0.05) is 57.0 Å². The molecule has 5 nitrogen and oxygen atoms in total. The van der Waals surface area contributed by atoms with Gasteiger partial charge in [-0.05, 0) is 42.0 Å². The van der Waals surface area contributed by atoms with Gasteiger partial charge in [0.2, 0.25) is 5.91 Å². The van der Waals surface area contributed by atoms with Gasteiger partial charge >= 0.3 is 0 Å². The van der Waals surface area contributed by atoms with E-state index in [4.69, 9.17) is 23.2 Å². The molecule has 0 spiro atoms. The molecule has 2 aromatic carbocycles. The number of hydrogen-bond acceptors (Lipinski definition) is 5. The molecule has 0 fully saturated rings. The van der Waals surface area contributed by atoms with Gasteiger partial charge in [0.25, 0.3) is 0 Å². The fraction of sp³-hybridized carbons (Fsp3) is 0.211. The zero-order valence-electron chi connectivity index (χ0n) is 15.4. The van der Waals surface area contributed by atoms with Crippen LogP contribution >= 0.6 is 62.7 Å². The van der Waals surface area contributed by atoms with Gasteiger partial charge in [0.1, 0.15) is 5.82 Å². The van der Waals surface area contributed by atoms with E-state index in [9.17, 15) is 4.79 Å². The monoisotopic (exact) mass is 530 g/mol. The summed E-state index contributed by atoms with van der Waals surface area (Å²) in [5.74, 6) is 2.45. The third kappa shape index (κ3) is 6.65. The molecule has 3 rings (SSSR count). The molecule has 1 heterocycles. The summed E-state index contributed by atoms with van der Waals surface area (Å²) in [5, 5.41) is 13.3. The number of carbonyl (C=O) groups excluding carboxylic acids is 1. The van der Waals surface area contributed by atoms with E-state index >= 15 is 0 Å². The molecule has 0 unspecified atom stereocenters. The molecule has 1 aromatic heterocycles. The number of halogens is 3. The van der Waals surface area contributed by atoms with Gasteiger partial charge in [0.05, 0.1) is 11.5 Å². The van der Waals surface area contributed by atoms with Gasteiger partial charge in [0.15, 0.2) is 5.16 Å². The van der Waals surface area contributed by atoms with Crippen LogP contribution in [0.25, 0.3) is 0 Å². The quantitative estimate of drug-likeness (QED) is 0.358. The van der Waals surface area contributed by atoms with Gasteiger partial charge < -0.3 is 9.88 Å². The highest BCUT2D eigenvalue weighted by atomic mass is 79.9. The SMILES string of the molecule is Cn1c(CSCc2ccc(Cl)cc2Cl)nnc1SCC(=O)Nc1ccc(Br)cc1. The molecule has 3 aromatic rings. The Labute approximate surface area is 196 Å². The van der Waals surface area contributed by atoms with E-state index in [1.165, 1.54) is 11.8 Å². The molecule has 1 amide bonds. The fourth-order valence-corrected chi connectivity index (χ4v) is 4.90. The maximum atomic E-state index is 12.1. The van der Waals surface area contributed by atoms with Crippen molar-refractivity contribution < 1.29 is 4.79 Å². The Morgan fingerprint density at radius 1 is 1.14 bits per heavy atom. The second kappa shape index (κ2) is 10.7. The normalized spacial score (nSPS) is 10.9. The van der Waals surface area contributed by atoms with Crippen LogP contribution < -0.4 is 5.32 Å². The summed E-state index contributed by atoms with van der Waals surface area (Å²) >= 11 is 18.6. The average Bonchev–Trinajstić information content (AvgIpc) is 3.03. The molecule has 0 aliphatic heterocycles. The summed E-state index contributed by atoms with van der Waals surface area (Å²) in [6, 6.07) is 13.0. The number of nitrogens with zero attached hydrogens (tertiary/aromatic N) is 3. The van der Waals surface area contributed by atoms with Crippen molar-refractivity contribution in [3.05, 3.63) is 68.4 Å². The third-order valence-corrected chi connectivity index (χ3v) is 7.00. The van der Waals surface area contributed by atoms with Crippen molar-refractivity contribution in [2.75, 3.05) is 11.1 Å². The number of rotatable bonds is 8. The van der Waals surface area contributed by atoms with Crippen LogP contribution in [-0.2, 0) is 23.3 Å². The lowest BCUT2D eigenvalue weighted by Crippen LogP contribution is -2.14. The minimum atomic E-state index is -0.0892. The first-order valence-electron chi connectivity index (χ1n) is 8.50. The molecular weight excluding hydrogens is 515 g/mol. The second-order valence-corrected chi connectivity index (χ2v) is 9.72. The second-order valence-electron chi connectivity index (χ2n) is 6.03. The Morgan fingerprint density at radius 2 is 1.90 bits per heavy atom. The van der Waals surface area contributed by atoms with Crippen LogP contribution in [0.1, 0.15) is 11.4 Å². The first kappa shape index (κ1) is 22.5. The van der Waals surface area contributed by atoms with E-state index in [0.717, 1.165) is 27.3 Å². The van der Waals surface area contributed by atoms with Crippen molar-refractivity contribution in [2.24, 2.45) is 7.05 Å². The number of hydrogen-bond donors (Lipinski definition) is 1. The predicted molar refractivity (Wildman–Crippen MR) is 126 cm³/mol. The van der Waals surface area contributed by atoms with Gasteiger partial charge in [-0.25, -0.2) is 0 Å². The molecule has 0 saturated carbocycles. The van der Waals surface area contributed by atoms with Crippen molar-refractivity contribution in [3.63, 3.8) is 0 Å². The minimum absolute atomic E-state index is 0.0892. The number of anilines is 1. The van der Waals surface area contributed by atoms with E-state index < -0.39 is 0 Å². The Hall–Kier alpha value is -1.19. The molecule has 152 valence electrons. The Morgan fingerprint density at radius 3 is 2.62 bits per heavy atom. The van der Waals surface area contributed by atoms with E-state index in [2.05, 4.69) is 31.4 Å². The molecule has 0 radical (unpaired) electrons. The highest BCUT2D eigenvalue weighted by Gasteiger charge is 2.12. The molecular formula is C19H17BrCl2N4OS2. The van der Waals surface area contributed by atoms with Gasteiger partial charge in [-0.15, -0.1) is 22.0 Å². The lowest BCUT2D eigenvalue weighted by molar-refractivity contribution is -0.113. The van der Waals surface area contributed by atoms with Crippen molar-refractivity contribution >= 4 is 74.3 Å². The zero-order chi connectivity index (χ0) is 20.8. The third-order valence-electron chi connectivity index (χ3n) is 3.89. The van der Waals surface area contributed by atoms with Crippen molar-refractivity contribution in [3.8, 4) is 0 Å². The van der Waals surface area contributed by atoms with E-state index in [1.807, 2.05) is 48.0 Å². The highest BCUT2D eigenvalue weighted by Crippen LogP contribution is 2.26. The Balaban J connectivity index is 1.48.